The van der Waals surface area contributed by atoms with Gasteiger partial charge in [0.25, 0.3) is 0 Å². The fraction of sp³-hybridized carbons (Fsp3) is 0.630. The number of rotatable bonds is 11. The van der Waals surface area contributed by atoms with Crippen LogP contribution in [-0.4, -0.2) is 72.1 Å². The number of carbonyl (C=O) groups excluding carboxylic acids is 4. The number of esters is 1. The molecule has 2 atom stereocenters. The normalized spacial score (nSPS) is 15.1. The molecular weight excluding hydrogens is 494 g/mol. The molecule has 2 N–H and O–H groups in total. The quantitative estimate of drug-likeness (QED) is 0.416. The van der Waals surface area contributed by atoms with Crippen molar-refractivity contribution < 1.29 is 28.7 Å². The highest BCUT2D eigenvalue weighted by atomic mass is 32.2. The molecule has 0 bridgehead atoms. The first-order chi connectivity index (χ1) is 17.4. The van der Waals surface area contributed by atoms with E-state index in [2.05, 4.69) is 15.4 Å². The van der Waals surface area contributed by atoms with E-state index in [1.165, 1.54) is 7.11 Å². The van der Waals surface area contributed by atoms with Gasteiger partial charge in [-0.3, -0.25) is 14.4 Å². The maximum atomic E-state index is 14.1. The van der Waals surface area contributed by atoms with Gasteiger partial charge in [0.2, 0.25) is 11.8 Å². The van der Waals surface area contributed by atoms with Crippen LogP contribution in [-0.2, 0) is 23.9 Å². The van der Waals surface area contributed by atoms with E-state index >= 15 is 0 Å². The van der Waals surface area contributed by atoms with Crippen molar-refractivity contribution in [2.24, 2.45) is 0 Å². The number of benzene rings is 1. The fourth-order valence-corrected chi connectivity index (χ4v) is 4.48. The van der Waals surface area contributed by atoms with Crippen LogP contribution in [0.4, 0.5) is 4.79 Å². The van der Waals surface area contributed by atoms with Crippen molar-refractivity contribution in [3.63, 3.8) is 0 Å². The summed E-state index contributed by atoms with van der Waals surface area (Å²) in [4.78, 5) is 53.7. The number of aryl methyl sites for hydroxylation is 2. The van der Waals surface area contributed by atoms with Crippen molar-refractivity contribution in [2.75, 3.05) is 25.7 Å². The first-order valence-corrected chi connectivity index (χ1v) is 14.0. The highest BCUT2D eigenvalue weighted by Crippen LogP contribution is 2.34. The fourth-order valence-electron chi connectivity index (χ4n) is 4.01. The van der Waals surface area contributed by atoms with E-state index in [0.717, 1.165) is 30.4 Å². The van der Waals surface area contributed by atoms with E-state index in [1.54, 1.807) is 37.4 Å². The van der Waals surface area contributed by atoms with Crippen LogP contribution in [0.5, 0.6) is 0 Å². The number of hydrogen-bond acceptors (Lipinski definition) is 7. The summed E-state index contributed by atoms with van der Waals surface area (Å²) in [5, 5.41) is 5.38. The van der Waals surface area contributed by atoms with E-state index < -0.39 is 35.7 Å². The Bertz CT molecular complexity index is 973. The van der Waals surface area contributed by atoms with E-state index in [-0.39, 0.29) is 18.5 Å². The topological polar surface area (TPSA) is 114 Å². The minimum absolute atomic E-state index is 0.166. The summed E-state index contributed by atoms with van der Waals surface area (Å²) in [5.74, 6) is -0.776. The molecule has 0 saturated heterocycles. The van der Waals surface area contributed by atoms with Crippen LogP contribution in [0.15, 0.2) is 18.2 Å². The third-order valence-corrected chi connectivity index (χ3v) is 6.97. The molecule has 1 aliphatic rings. The maximum Gasteiger partial charge on any atom is 0.408 e. The van der Waals surface area contributed by atoms with Crippen molar-refractivity contribution in [2.45, 2.75) is 84.0 Å². The number of methoxy groups -OCH3 is 1. The number of thioether (sulfide) groups is 1. The Balaban J connectivity index is 2.48. The number of nitrogens with zero attached hydrogens (tertiary/aromatic N) is 1. The minimum Gasteiger partial charge on any atom is -0.468 e. The molecule has 0 aromatic heterocycles. The van der Waals surface area contributed by atoms with Gasteiger partial charge in [0.1, 0.15) is 24.2 Å². The first-order valence-electron chi connectivity index (χ1n) is 12.6. The lowest BCUT2D eigenvalue weighted by Crippen LogP contribution is -2.57. The number of hydrogen-bond donors (Lipinski definition) is 2. The third kappa shape index (κ3) is 8.94. The molecule has 1 aliphatic carbocycles. The molecule has 10 heteroatoms. The number of amides is 3. The monoisotopic (exact) mass is 535 g/mol. The van der Waals surface area contributed by atoms with Crippen molar-refractivity contribution in [1.29, 1.82) is 0 Å². The van der Waals surface area contributed by atoms with Gasteiger partial charge in [-0.2, -0.15) is 11.8 Å². The van der Waals surface area contributed by atoms with Crippen molar-refractivity contribution in [1.82, 2.24) is 15.5 Å². The van der Waals surface area contributed by atoms with E-state index in [9.17, 15) is 19.2 Å². The van der Waals surface area contributed by atoms with Crippen molar-refractivity contribution in [3.05, 3.63) is 34.9 Å². The molecule has 1 saturated carbocycles. The highest BCUT2D eigenvalue weighted by Gasteiger charge is 2.42. The van der Waals surface area contributed by atoms with E-state index in [0.29, 0.717) is 17.7 Å². The zero-order chi connectivity index (χ0) is 27.8. The molecule has 206 valence electrons. The molecule has 3 amide bonds. The number of ether oxygens (including phenoxy) is 2. The Morgan fingerprint density at radius 1 is 1.14 bits per heavy atom. The summed E-state index contributed by atoms with van der Waals surface area (Å²) in [6.07, 6.45) is 4.06. The van der Waals surface area contributed by atoms with E-state index in [1.807, 2.05) is 38.3 Å². The second kappa shape index (κ2) is 13.7. The molecule has 2 unspecified atom stereocenters. The summed E-state index contributed by atoms with van der Waals surface area (Å²) in [6, 6.07) is 3.64. The van der Waals surface area contributed by atoms with Gasteiger partial charge >= 0.3 is 12.1 Å². The van der Waals surface area contributed by atoms with Gasteiger partial charge in [-0.1, -0.05) is 18.2 Å². The summed E-state index contributed by atoms with van der Waals surface area (Å²) >= 11 is 1.56. The Hall–Kier alpha value is -2.75. The second-order valence-corrected chi connectivity index (χ2v) is 11.3. The Kier molecular flexibility index (Phi) is 11.3. The highest BCUT2D eigenvalue weighted by molar-refractivity contribution is 7.98. The van der Waals surface area contributed by atoms with Crippen molar-refractivity contribution >= 4 is 35.6 Å². The summed E-state index contributed by atoms with van der Waals surface area (Å²) in [5.41, 5.74) is 1.96. The predicted molar refractivity (Wildman–Crippen MR) is 144 cm³/mol. The van der Waals surface area contributed by atoms with Crippen LogP contribution in [0.2, 0.25) is 0 Å². The Morgan fingerprint density at radius 2 is 1.81 bits per heavy atom. The molecule has 0 spiro atoms. The number of alkyl carbamates (subject to hydrolysis) is 1. The lowest BCUT2D eigenvalue weighted by Gasteiger charge is -2.43. The third-order valence-electron chi connectivity index (χ3n) is 6.33. The lowest BCUT2D eigenvalue weighted by molar-refractivity contribution is -0.148. The maximum absolute atomic E-state index is 14.1. The molecule has 1 fully saturated rings. The van der Waals surface area contributed by atoms with E-state index in [4.69, 9.17) is 4.74 Å². The molecule has 0 radical (unpaired) electrons. The SMILES string of the molecule is COC(=O)CNC(=O)C(c1ccc(C)c(C)c1)N(C(=O)C(CCSC)NC(=O)OC(C)(C)C)C1CCC1. The Labute approximate surface area is 224 Å². The van der Waals surface area contributed by atoms with Gasteiger partial charge in [0.05, 0.1) is 7.11 Å². The standard InChI is InChI=1S/C27H41N3O6S/c1-17-11-12-19(15-18(17)2)23(24(32)28-16-22(31)35-6)30(20-9-8-10-20)25(33)21(13-14-37-7)29-26(34)36-27(3,4)5/h11-12,15,20-21,23H,8-10,13-14,16H2,1-7H3,(H,28,32)(H,29,34). The Morgan fingerprint density at radius 3 is 2.32 bits per heavy atom. The van der Waals surface area contributed by atoms with Gasteiger partial charge < -0.3 is 25.0 Å². The molecule has 2 rings (SSSR count). The van der Waals surface area contributed by atoms with Crippen LogP contribution >= 0.6 is 11.8 Å². The van der Waals surface area contributed by atoms with Crippen LogP contribution in [0.25, 0.3) is 0 Å². The average Bonchev–Trinajstić information content (AvgIpc) is 2.79. The van der Waals surface area contributed by atoms with Crippen LogP contribution in [0, 0.1) is 13.8 Å². The van der Waals surface area contributed by atoms with Gasteiger partial charge in [-0.25, -0.2) is 4.79 Å². The molecule has 9 nitrogen and oxygen atoms in total. The zero-order valence-corrected chi connectivity index (χ0v) is 23.8. The molecule has 37 heavy (non-hydrogen) atoms. The number of carbonyl (C=O) groups is 4. The molecular formula is C27H41N3O6S. The molecule has 0 aliphatic heterocycles. The largest absolute Gasteiger partial charge is 0.468 e. The zero-order valence-electron chi connectivity index (χ0n) is 23.0. The minimum atomic E-state index is -0.973. The number of nitrogens with one attached hydrogen (secondary N) is 2. The van der Waals surface area contributed by atoms with Gasteiger partial charge in [-0.15, -0.1) is 0 Å². The summed E-state index contributed by atoms with van der Waals surface area (Å²) in [6.45, 7) is 8.89. The molecule has 1 aromatic rings. The molecule has 1 aromatic carbocycles. The lowest BCUT2D eigenvalue weighted by atomic mass is 9.87. The van der Waals surface area contributed by atoms with Gasteiger partial charge in [0.15, 0.2) is 0 Å². The first kappa shape index (κ1) is 30.5. The van der Waals surface area contributed by atoms with Crippen LogP contribution in [0.1, 0.15) is 69.2 Å². The van der Waals surface area contributed by atoms with Crippen LogP contribution < -0.4 is 10.6 Å². The predicted octanol–water partition coefficient (Wildman–Crippen LogP) is 3.66. The molecule has 0 heterocycles. The summed E-state index contributed by atoms with van der Waals surface area (Å²) in [7, 11) is 1.25. The second-order valence-electron chi connectivity index (χ2n) is 10.4. The summed E-state index contributed by atoms with van der Waals surface area (Å²) < 4.78 is 10.1. The van der Waals surface area contributed by atoms with Gasteiger partial charge in [-0.05, 0) is 89.0 Å². The van der Waals surface area contributed by atoms with Gasteiger partial charge in [0, 0.05) is 6.04 Å². The average molecular weight is 536 g/mol. The van der Waals surface area contributed by atoms with Crippen molar-refractivity contribution in [3.8, 4) is 0 Å². The smallest absolute Gasteiger partial charge is 0.408 e. The van der Waals surface area contributed by atoms with Crippen LogP contribution in [0.3, 0.4) is 0 Å².